The van der Waals surface area contributed by atoms with Gasteiger partial charge in [0.2, 0.25) is 11.8 Å². The summed E-state index contributed by atoms with van der Waals surface area (Å²) in [6, 6.07) is 16.5. The van der Waals surface area contributed by atoms with Crippen molar-refractivity contribution in [3.63, 3.8) is 0 Å². The molecule has 0 aliphatic carbocycles. The molecule has 0 saturated carbocycles. The van der Waals surface area contributed by atoms with Crippen LogP contribution in [-0.4, -0.2) is 31.4 Å². The highest BCUT2D eigenvalue weighted by Crippen LogP contribution is 2.25. The molecule has 150 valence electrons. The molecule has 1 saturated heterocycles. The number of hydrogen-bond donors (Lipinski definition) is 1. The van der Waals surface area contributed by atoms with Crippen LogP contribution in [0.15, 0.2) is 48.5 Å². The maximum Gasteiger partial charge on any atom is 0.244 e. The Morgan fingerprint density at radius 3 is 2.28 bits per heavy atom. The van der Waals surface area contributed by atoms with Crippen molar-refractivity contribution < 1.29 is 9.59 Å². The van der Waals surface area contributed by atoms with Gasteiger partial charge in [0.05, 0.1) is 11.6 Å². The summed E-state index contributed by atoms with van der Waals surface area (Å²) in [6.07, 6.45) is 2.38. The number of nitrogens with one attached hydrogen (secondary N) is 1. The molecule has 0 atom stereocenters. The molecule has 3 rings (SSSR count). The van der Waals surface area contributed by atoms with Crippen molar-refractivity contribution in [1.29, 1.82) is 5.26 Å². The Hall–Kier alpha value is -3.33. The molecule has 1 N–H and O–H groups in total. The van der Waals surface area contributed by atoms with Gasteiger partial charge in [-0.25, -0.2) is 0 Å². The van der Waals surface area contributed by atoms with E-state index in [9.17, 15) is 9.59 Å². The van der Waals surface area contributed by atoms with E-state index >= 15 is 0 Å². The summed E-state index contributed by atoms with van der Waals surface area (Å²) in [5.74, 6) is 0.284. The van der Waals surface area contributed by atoms with Gasteiger partial charge >= 0.3 is 0 Å². The Morgan fingerprint density at radius 2 is 1.72 bits per heavy atom. The van der Waals surface area contributed by atoms with Gasteiger partial charge in [-0.1, -0.05) is 6.92 Å². The van der Waals surface area contributed by atoms with Gasteiger partial charge in [0.25, 0.3) is 0 Å². The van der Waals surface area contributed by atoms with Crippen molar-refractivity contribution in [3.8, 4) is 6.07 Å². The average Bonchev–Trinajstić information content (AvgIpc) is 2.73. The lowest BCUT2D eigenvalue weighted by molar-refractivity contribution is -0.120. The quantitative estimate of drug-likeness (QED) is 0.843. The molecule has 0 bridgehead atoms. The zero-order valence-corrected chi connectivity index (χ0v) is 16.9. The molecule has 1 heterocycles. The Labute approximate surface area is 171 Å². The number of carbonyl (C=O) groups is 2. The molecule has 0 radical (unpaired) electrons. The maximum absolute atomic E-state index is 12.4. The van der Waals surface area contributed by atoms with Gasteiger partial charge in [-0.15, -0.1) is 0 Å². The van der Waals surface area contributed by atoms with E-state index in [0.717, 1.165) is 24.7 Å². The van der Waals surface area contributed by atoms with Gasteiger partial charge in [0.1, 0.15) is 6.54 Å². The molecular weight excluding hydrogens is 364 g/mol. The highest BCUT2D eigenvalue weighted by molar-refractivity contribution is 6.01. The molecule has 6 nitrogen and oxygen atoms in total. The number of carbonyl (C=O) groups excluding carboxylic acids is 2. The van der Waals surface area contributed by atoms with Crippen LogP contribution in [-0.2, 0) is 9.59 Å². The van der Waals surface area contributed by atoms with Gasteiger partial charge in [-0.05, 0) is 67.3 Å². The standard InChI is InChI=1S/C23H26N4O2/c1-17-11-13-26(14-12-17)21-7-9-22(10-8-21)27(18(2)28)16-23(29)25-20-5-3-19(15-24)4-6-20/h3-10,17H,11-14,16H2,1-2H3,(H,25,29). The molecule has 0 spiro atoms. The lowest BCUT2D eigenvalue weighted by Crippen LogP contribution is -2.36. The van der Waals surface area contributed by atoms with Crippen LogP contribution in [0.25, 0.3) is 0 Å². The van der Waals surface area contributed by atoms with E-state index < -0.39 is 0 Å². The predicted octanol–water partition coefficient (Wildman–Crippen LogP) is 3.79. The lowest BCUT2D eigenvalue weighted by Gasteiger charge is -2.32. The van der Waals surface area contributed by atoms with Gasteiger partial charge in [-0.2, -0.15) is 5.26 Å². The second-order valence-electron chi connectivity index (χ2n) is 7.53. The Morgan fingerprint density at radius 1 is 1.10 bits per heavy atom. The summed E-state index contributed by atoms with van der Waals surface area (Å²) in [7, 11) is 0. The minimum atomic E-state index is -0.293. The number of hydrogen-bond acceptors (Lipinski definition) is 4. The zero-order valence-electron chi connectivity index (χ0n) is 16.9. The maximum atomic E-state index is 12.4. The molecule has 29 heavy (non-hydrogen) atoms. The van der Waals surface area contributed by atoms with Crippen LogP contribution in [0, 0.1) is 17.2 Å². The molecule has 1 aliphatic heterocycles. The molecule has 2 aromatic rings. The van der Waals surface area contributed by atoms with Crippen LogP contribution in [0.1, 0.15) is 32.3 Å². The van der Waals surface area contributed by atoms with Crippen LogP contribution in [0.4, 0.5) is 17.1 Å². The number of rotatable bonds is 5. The number of piperidine rings is 1. The molecule has 6 heteroatoms. The Balaban J connectivity index is 1.65. The lowest BCUT2D eigenvalue weighted by atomic mass is 9.99. The first-order chi connectivity index (χ1) is 14.0. The van der Waals surface area contributed by atoms with E-state index in [2.05, 4.69) is 17.1 Å². The minimum Gasteiger partial charge on any atom is -0.372 e. The number of nitrogens with zero attached hydrogens (tertiary/aromatic N) is 3. The zero-order chi connectivity index (χ0) is 20.8. The first kappa shape index (κ1) is 20.4. The molecule has 0 unspecified atom stereocenters. The summed E-state index contributed by atoms with van der Waals surface area (Å²) in [5, 5.41) is 11.6. The number of benzene rings is 2. The Kier molecular flexibility index (Phi) is 6.50. The molecule has 1 aliphatic rings. The van der Waals surface area contributed by atoms with E-state index in [0.29, 0.717) is 16.9 Å². The minimum absolute atomic E-state index is 0.0735. The third-order valence-electron chi connectivity index (χ3n) is 5.29. The Bertz CT molecular complexity index is 892. The summed E-state index contributed by atoms with van der Waals surface area (Å²) in [4.78, 5) is 28.4. The molecule has 1 fully saturated rings. The van der Waals surface area contributed by atoms with Crippen LogP contribution in [0.3, 0.4) is 0 Å². The second kappa shape index (κ2) is 9.24. The van der Waals surface area contributed by atoms with Crippen molar-refractivity contribution in [1.82, 2.24) is 0 Å². The number of amides is 2. The molecule has 2 amide bonds. The van der Waals surface area contributed by atoms with E-state index in [1.165, 1.54) is 24.7 Å². The van der Waals surface area contributed by atoms with Gasteiger partial charge in [-0.3, -0.25) is 9.59 Å². The normalized spacial score (nSPS) is 14.2. The van der Waals surface area contributed by atoms with E-state index in [1.807, 2.05) is 30.3 Å². The first-order valence-electron chi connectivity index (χ1n) is 9.89. The summed E-state index contributed by atoms with van der Waals surface area (Å²) >= 11 is 0. The third kappa shape index (κ3) is 5.35. The molecule has 0 aromatic heterocycles. The largest absolute Gasteiger partial charge is 0.372 e. The summed E-state index contributed by atoms with van der Waals surface area (Å²) in [6.45, 7) is 5.76. The van der Waals surface area contributed by atoms with Gasteiger partial charge in [0, 0.05) is 37.1 Å². The predicted molar refractivity (Wildman–Crippen MR) is 115 cm³/mol. The van der Waals surface area contributed by atoms with E-state index in [-0.39, 0.29) is 18.4 Å². The van der Waals surface area contributed by atoms with E-state index in [4.69, 9.17) is 5.26 Å². The van der Waals surface area contributed by atoms with E-state index in [1.54, 1.807) is 24.3 Å². The van der Waals surface area contributed by atoms with Gasteiger partial charge in [0.15, 0.2) is 0 Å². The van der Waals surface area contributed by atoms with Gasteiger partial charge < -0.3 is 15.1 Å². The number of anilines is 3. The van der Waals surface area contributed by atoms with Crippen LogP contribution in [0.5, 0.6) is 0 Å². The molecular formula is C23H26N4O2. The average molecular weight is 390 g/mol. The SMILES string of the molecule is CC(=O)N(CC(=O)Nc1ccc(C#N)cc1)c1ccc(N2CCC(C)CC2)cc1. The smallest absolute Gasteiger partial charge is 0.244 e. The van der Waals surface area contributed by atoms with Crippen molar-refractivity contribution in [2.75, 3.05) is 34.8 Å². The molecule has 2 aromatic carbocycles. The topological polar surface area (TPSA) is 76.4 Å². The highest BCUT2D eigenvalue weighted by Gasteiger charge is 2.18. The van der Waals surface area contributed by atoms with Crippen molar-refractivity contribution >= 4 is 28.9 Å². The third-order valence-corrected chi connectivity index (χ3v) is 5.29. The van der Waals surface area contributed by atoms with Crippen LogP contribution < -0.4 is 15.1 Å². The van der Waals surface area contributed by atoms with Crippen LogP contribution >= 0.6 is 0 Å². The van der Waals surface area contributed by atoms with Crippen molar-refractivity contribution in [3.05, 3.63) is 54.1 Å². The fourth-order valence-corrected chi connectivity index (χ4v) is 3.47. The van der Waals surface area contributed by atoms with Crippen molar-refractivity contribution in [2.24, 2.45) is 5.92 Å². The summed E-state index contributed by atoms with van der Waals surface area (Å²) in [5.41, 5.74) is 2.96. The van der Waals surface area contributed by atoms with Crippen LogP contribution in [0.2, 0.25) is 0 Å². The summed E-state index contributed by atoms with van der Waals surface area (Å²) < 4.78 is 0. The first-order valence-corrected chi connectivity index (χ1v) is 9.89. The number of nitriles is 1. The fraction of sp³-hybridized carbons (Fsp3) is 0.348. The highest BCUT2D eigenvalue weighted by atomic mass is 16.2. The monoisotopic (exact) mass is 390 g/mol. The van der Waals surface area contributed by atoms with Crippen molar-refractivity contribution in [2.45, 2.75) is 26.7 Å². The second-order valence-corrected chi connectivity index (χ2v) is 7.53. The fourth-order valence-electron chi connectivity index (χ4n) is 3.47.